The molecule has 6 heteroatoms. The molecule has 1 heterocycles. The molecule has 0 atom stereocenters. The first-order valence-electron chi connectivity index (χ1n) is 5.57. The summed E-state index contributed by atoms with van der Waals surface area (Å²) in [6, 6.07) is 7.00. The van der Waals surface area contributed by atoms with Crippen LogP contribution in [0, 0.1) is 0 Å². The largest absolute Gasteiger partial charge is 0.496 e. The molecule has 2 rings (SSSR count). The Bertz CT molecular complexity index is 575. The highest BCUT2D eigenvalue weighted by atomic mass is 79.9. The van der Waals surface area contributed by atoms with Crippen LogP contribution in [-0.4, -0.2) is 23.0 Å². The maximum atomic E-state index is 12.1. The lowest BCUT2D eigenvalue weighted by Gasteiger charge is -2.09. The van der Waals surface area contributed by atoms with Gasteiger partial charge in [0.15, 0.2) is 0 Å². The maximum Gasteiger partial charge on any atom is 0.255 e. The average Bonchev–Trinajstić information content (AvgIpc) is 2.45. The Morgan fingerprint density at radius 2 is 2.26 bits per heavy atom. The highest BCUT2D eigenvalue weighted by Crippen LogP contribution is 2.23. The third kappa shape index (κ3) is 3.51. The molecule has 1 amide bonds. The molecule has 0 saturated carbocycles. The molecule has 5 nitrogen and oxygen atoms in total. The van der Waals surface area contributed by atoms with Crippen LogP contribution in [0.3, 0.4) is 0 Å². The summed E-state index contributed by atoms with van der Waals surface area (Å²) in [7, 11) is 1.53. The molecule has 0 unspecified atom stereocenters. The highest BCUT2D eigenvalue weighted by Gasteiger charge is 2.12. The van der Waals surface area contributed by atoms with E-state index in [1.54, 1.807) is 30.5 Å². The van der Waals surface area contributed by atoms with Gasteiger partial charge in [-0.15, -0.1) is 0 Å². The molecule has 1 aromatic carbocycles. The van der Waals surface area contributed by atoms with Crippen molar-refractivity contribution in [3.63, 3.8) is 0 Å². The monoisotopic (exact) mass is 321 g/mol. The Hall–Kier alpha value is -1.95. The topological polar surface area (TPSA) is 64.1 Å². The fraction of sp³-hybridized carbons (Fsp3) is 0.154. The van der Waals surface area contributed by atoms with Crippen LogP contribution in [0.25, 0.3) is 0 Å². The molecule has 0 radical (unpaired) electrons. The van der Waals surface area contributed by atoms with Gasteiger partial charge in [0.1, 0.15) is 12.1 Å². The summed E-state index contributed by atoms with van der Waals surface area (Å²) in [5.41, 5.74) is 1.24. The van der Waals surface area contributed by atoms with Gasteiger partial charge in [0.2, 0.25) is 0 Å². The van der Waals surface area contributed by atoms with Gasteiger partial charge < -0.3 is 10.1 Å². The SMILES string of the molecule is COc1cc(Br)ccc1C(=O)NCc1ccncn1. The van der Waals surface area contributed by atoms with E-state index in [0.29, 0.717) is 17.9 Å². The molecule has 1 N–H and O–H groups in total. The van der Waals surface area contributed by atoms with Crippen LogP contribution < -0.4 is 10.1 Å². The Labute approximate surface area is 119 Å². The Balaban J connectivity index is 2.08. The van der Waals surface area contributed by atoms with Crippen LogP contribution in [0.4, 0.5) is 0 Å². The Morgan fingerprint density at radius 3 is 2.95 bits per heavy atom. The molecule has 19 heavy (non-hydrogen) atoms. The number of hydrogen-bond donors (Lipinski definition) is 1. The molecule has 98 valence electrons. The molecule has 0 spiro atoms. The summed E-state index contributed by atoms with van der Waals surface area (Å²) in [6.07, 6.45) is 3.08. The highest BCUT2D eigenvalue weighted by molar-refractivity contribution is 9.10. The number of methoxy groups -OCH3 is 1. The normalized spacial score (nSPS) is 10.0. The quantitative estimate of drug-likeness (QED) is 0.937. The molecule has 0 bridgehead atoms. The molecule has 0 aliphatic rings. The Kier molecular flexibility index (Phi) is 4.46. The number of aromatic nitrogens is 2. The van der Waals surface area contributed by atoms with Gasteiger partial charge in [0, 0.05) is 10.7 Å². The lowest BCUT2D eigenvalue weighted by molar-refractivity contribution is 0.0947. The smallest absolute Gasteiger partial charge is 0.255 e. The molecule has 0 saturated heterocycles. The van der Waals surface area contributed by atoms with Gasteiger partial charge in [-0.1, -0.05) is 15.9 Å². The van der Waals surface area contributed by atoms with E-state index < -0.39 is 0 Å². The van der Waals surface area contributed by atoms with Crippen LogP contribution in [0.1, 0.15) is 16.1 Å². The van der Waals surface area contributed by atoms with Crippen LogP contribution in [0.15, 0.2) is 41.3 Å². The molecular weight excluding hydrogens is 310 g/mol. The molecule has 0 fully saturated rings. The predicted octanol–water partition coefficient (Wildman–Crippen LogP) is 2.18. The minimum absolute atomic E-state index is 0.206. The van der Waals surface area contributed by atoms with E-state index in [1.807, 2.05) is 0 Å². The number of rotatable bonds is 4. The zero-order valence-corrected chi connectivity index (χ0v) is 11.8. The third-order valence-corrected chi connectivity index (χ3v) is 2.97. The number of carbonyl (C=O) groups is 1. The van der Waals surface area contributed by atoms with Crippen molar-refractivity contribution in [2.24, 2.45) is 0 Å². The van der Waals surface area contributed by atoms with E-state index in [-0.39, 0.29) is 5.91 Å². The van der Waals surface area contributed by atoms with Crippen molar-refractivity contribution >= 4 is 21.8 Å². The van der Waals surface area contributed by atoms with Crippen LogP contribution in [0.5, 0.6) is 5.75 Å². The summed E-state index contributed by atoms with van der Waals surface area (Å²) < 4.78 is 6.04. The minimum atomic E-state index is -0.206. The van der Waals surface area contributed by atoms with Crippen LogP contribution in [-0.2, 0) is 6.54 Å². The van der Waals surface area contributed by atoms with Crippen LogP contribution in [0.2, 0.25) is 0 Å². The lowest BCUT2D eigenvalue weighted by Crippen LogP contribution is -2.23. The first kappa shape index (κ1) is 13.5. The van der Waals surface area contributed by atoms with Gasteiger partial charge in [-0.05, 0) is 24.3 Å². The summed E-state index contributed by atoms with van der Waals surface area (Å²) >= 11 is 3.33. The van der Waals surface area contributed by atoms with E-state index in [2.05, 4.69) is 31.2 Å². The van der Waals surface area contributed by atoms with Crippen molar-refractivity contribution in [1.82, 2.24) is 15.3 Å². The van der Waals surface area contributed by atoms with E-state index in [9.17, 15) is 4.79 Å². The summed E-state index contributed by atoms with van der Waals surface area (Å²) in [4.78, 5) is 19.9. The van der Waals surface area contributed by atoms with Crippen molar-refractivity contribution in [1.29, 1.82) is 0 Å². The number of amides is 1. The zero-order chi connectivity index (χ0) is 13.7. The molecule has 2 aromatic rings. The summed E-state index contributed by atoms with van der Waals surface area (Å²) in [5.74, 6) is 0.317. The minimum Gasteiger partial charge on any atom is -0.496 e. The number of carbonyl (C=O) groups excluding carboxylic acids is 1. The molecule has 0 aliphatic heterocycles. The zero-order valence-electron chi connectivity index (χ0n) is 10.3. The predicted molar refractivity (Wildman–Crippen MR) is 73.9 cm³/mol. The molecular formula is C13H12BrN3O2. The van der Waals surface area contributed by atoms with E-state index in [0.717, 1.165) is 10.2 Å². The number of hydrogen-bond acceptors (Lipinski definition) is 4. The number of benzene rings is 1. The second-order valence-corrected chi connectivity index (χ2v) is 4.64. The number of nitrogens with one attached hydrogen (secondary N) is 1. The summed E-state index contributed by atoms with van der Waals surface area (Å²) in [6.45, 7) is 0.348. The maximum absolute atomic E-state index is 12.1. The third-order valence-electron chi connectivity index (χ3n) is 2.48. The fourth-order valence-electron chi connectivity index (χ4n) is 1.54. The van der Waals surface area contributed by atoms with Gasteiger partial charge >= 0.3 is 0 Å². The first-order valence-corrected chi connectivity index (χ1v) is 6.36. The molecule has 0 aliphatic carbocycles. The first-order chi connectivity index (χ1) is 9.20. The van der Waals surface area contributed by atoms with Crippen LogP contribution >= 0.6 is 15.9 Å². The Morgan fingerprint density at radius 1 is 1.42 bits per heavy atom. The number of ether oxygens (including phenoxy) is 1. The lowest BCUT2D eigenvalue weighted by atomic mass is 10.2. The average molecular weight is 322 g/mol. The fourth-order valence-corrected chi connectivity index (χ4v) is 1.88. The van der Waals surface area contributed by atoms with Crippen molar-refractivity contribution < 1.29 is 9.53 Å². The van der Waals surface area contributed by atoms with Crippen molar-refractivity contribution in [3.8, 4) is 5.75 Å². The van der Waals surface area contributed by atoms with Gasteiger partial charge in [-0.2, -0.15) is 0 Å². The number of halogens is 1. The number of nitrogens with zero attached hydrogens (tertiary/aromatic N) is 2. The summed E-state index contributed by atoms with van der Waals surface area (Å²) in [5, 5.41) is 2.78. The van der Waals surface area contributed by atoms with Gasteiger partial charge in [0.05, 0.1) is 24.9 Å². The van der Waals surface area contributed by atoms with Gasteiger partial charge in [0.25, 0.3) is 5.91 Å². The van der Waals surface area contributed by atoms with Crippen molar-refractivity contribution in [3.05, 3.63) is 52.5 Å². The van der Waals surface area contributed by atoms with Crippen molar-refractivity contribution in [2.45, 2.75) is 6.54 Å². The standard InChI is InChI=1S/C13H12BrN3O2/c1-19-12-6-9(14)2-3-11(12)13(18)16-7-10-4-5-15-8-17-10/h2-6,8H,7H2,1H3,(H,16,18). The van der Waals surface area contributed by atoms with E-state index in [4.69, 9.17) is 4.74 Å². The second kappa shape index (κ2) is 6.29. The van der Waals surface area contributed by atoms with E-state index in [1.165, 1.54) is 13.4 Å². The van der Waals surface area contributed by atoms with Gasteiger partial charge in [-0.25, -0.2) is 9.97 Å². The second-order valence-electron chi connectivity index (χ2n) is 3.73. The molecule has 1 aromatic heterocycles. The van der Waals surface area contributed by atoms with E-state index >= 15 is 0 Å². The van der Waals surface area contributed by atoms with Gasteiger partial charge in [-0.3, -0.25) is 4.79 Å². The van der Waals surface area contributed by atoms with Crippen molar-refractivity contribution in [2.75, 3.05) is 7.11 Å².